The van der Waals surface area contributed by atoms with Crippen molar-refractivity contribution >= 4 is 5.91 Å². The van der Waals surface area contributed by atoms with Crippen LogP contribution in [0.15, 0.2) is 18.2 Å². The molecular weight excluding hydrogens is 282 g/mol. The summed E-state index contributed by atoms with van der Waals surface area (Å²) in [5.74, 6) is 1.49. The van der Waals surface area contributed by atoms with E-state index in [-0.39, 0.29) is 12.0 Å². The maximum Gasteiger partial charge on any atom is 0.222 e. The average molecular weight is 307 g/mol. The van der Waals surface area contributed by atoms with Gasteiger partial charge in [-0.3, -0.25) is 4.79 Å². The molecule has 1 fully saturated rings. The molecule has 0 bridgehead atoms. The molecule has 122 valence electrons. The number of carbonyl (C=O) groups excluding carboxylic acids is 1. The van der Waals surface area contributed by atoms with Gasteiger partial charge in [0.05, 0.1) is 26.7 Å². The smallest absolute Gasteiger partial charge is 0.222 e. The summed E-state index contributed by atoms with van der Waals surface area (Å²) in [6.07, 6.45) is 4.57. The van der Waals surface area contributed by atoms with E-state index in [4.69, 9.17) is 14.2 Å². The zero-order chi connectivity index (χ0) is 15.8. The van der Waals surface area contributed by atoms with Crippen molar-refractivity contribution < 1.29 is 19.0 Å². The van der Waals surface area contributed by atoms with Crippen molar-refractivity contribution in [3.63, 3.8) is 0 Å². The molecule has 1 heterocycles. The SMILES string of the molecule is COc1ccc(CCNC(=O)CC2CCCCO2)cc1OC. The van der Waals surface area contributed by atoms with Crippen molar-refractivity contribution in [3.05, 3.63) is 23.8 Å². The zero-order valence-corrected chi connectivity index (χ0v) is 13.4. The van der Waals surface area contributed by atoms with Gasteiger partial charge in [0.1, 0.15) is 0 Å². The number of hydrogen-bond donors (Lipinski definition) is 1. The minimum absolute atomic E-state index is 0.0624. The van der Waals surface area contributed by atoms with Crippen LogP contribution in [0.5, 0.6) is 11.5 Å². The lowest BCUT2D eigenvalue weighted by Crippen LogP contribution is -2.31. The van der Waals surface area contributed by atoms with Gasteiger partial charge < -0.3 is 19.5 Å². The van der Waals surface area contributed by atoms with E-state index in [1.54, 1.807) is 14.2 Å². The Morgan fingerprint density at radius 1 is 1.27 bits per heavy atom. The van der Waals surface area contributed by atoms with Crippen LogP contribution in [0.4, 0.5) is 0 Å². The highest BCUT2D eigenvalue weighted by Crippen LogP contribution is 2.27. The van der Waals surface area contributed by atoms with Crippen LogP contribution >= 0.6 is 0 Å². The van der Waals surface area contributed by atoms with Gasteiger partial charge in [-0.15, -0.1) is 0 Å². The van der Waals surface area contributed by atoms with Crippen LogP contribution in [0.1, 0.15) is 31.2 Å². The topological polar surface area (TPSA) is 56.8 Å². The molecular formula is C17H25NO4. The van der Waals surface area contributed by atoms with Crippen LogP contribution < -0.4 is 14.8 Å². The Balaban J connectivity index is 1.74. The second kappa shape index (κ2) is 8.63. The van der Waals surface area contributed by atoms with E-state index in [0.29, 0.717) is 24.5 Å². The van der Waals surface area contributed by atoms with Gasteiger partial charge >= 0.3 is 0 Å². The van der Waals surface area contributed by atoms with E-state index in [1.807, 2.05) is 18.2 Å². The number of amides is 1. The average Bonchev–Trinajstić information content (AvgIpc) is 2.55. The van der Waals surface area contributed by atoms with Crippen molar-refractivity contribution in [2.24, 2.45) is 0 Å². The summed E-state index contributed by atoms with van der Waals surface area (Å²) in [6, 6.07) is 5.80. The minimum atomic E-state index is 0.0624. The highest BCUT2D eigenvalue weighted by atomic mass is 16.5. The Bertz CT molecular complexity index is 484. The zero-order valence-electron chi connectivity index (χ0n) is 13.4. The summed E-state index contributed by atoms with van der Waals surface area (Å²) >= 11 is 0. The molecule has 1 aromatic carbocycles. The van der Waals surface area contributed by atoms with E-state index in [0.717, 1.165) is 37.9 Å². The Labute approximate surface area is 131 Å². The molecule has 0 saturated carbocycles. The molecule has 0 spiro atoms. The second-order valence-corrected chi connectivity index (χ2v) is 5.48. The summed E-state index contributed by atoms with van der Waals surface area (Å²) in [5.41, 5.74) is 1.10. The van der Waals surface area contributed by atoms with Crippen molar-refractivity contribution in [1.82, 2.24) is 5.32 Å². The molecule has 1 saturated heterocycles. The summed E-state index contributed by atoms with van der Waals surface area (Å²) in [6.45, 7) is 1.39. The van der Waals surface area contributed by atoms with Crippen molar-refractivity contribution in [3.8, 4) is 11.5 Å². The molecule has 1 aromatic rings. The van der Waals surface area contributed by atoms with E-state index < -0.39 is 0 Å². The van der Waals surface area contributed by atoms with Gasteiger partial charge in [-0.25, -0.2) is 0 Å². The third-order valence-electron chi connectivity index (χ3n) is 3.87. The molecule has 5 nitrogen and oxygen atoms in total. The lowest BCUT2D eigenvalue weighted by molar-refractivity contribution is -0.124. The van der Waals surface area contributed by atoms with Gasteiger partial charge in [-0.1, -0.05) is 6.07 Å². The van der Waals surface area contributed by atoms with Crippen molar-refractivity contribution in [1.29, 1.82) is 0 Å². The number of benzene rings is 1. The maximum atomic E-state index is 11.9. The number of nitrogens with one attached hydrogen (secondary N) is 1. The van der Waals surface area contributed by atoms with Crippen molar-refractivity contribution in [2.75, 3.05) is 27.4 Å². The van der Waals surface area contributed by atoms with Gasteiger partial charge in [0.15, 0.2) is 11.5 Å². The van der Waals surface area contributed by atoms with Crippen LogP contribution in [0.2, 0.25) is 0 Å². The monoisotopic (exact) mass is 307 g/mol. The highest BCUT2D eigenvalue weighted by Gasteiger charge is 2.17. The fraction of sp³-hybridized carbons (Fsp3) is 0.588. The van der Waals surface area contributed by atoms with E-state index in [1.165, 1.54) is 0 Å². The number of methoxy groups -OCH3 is 2. The first kappa shape index (κ1) is 16.6. The number of ether oxygens (including phenoxy) is 3. The molecule has 0 aliphatic carbocycles. The predicted molar refractivity (Wildman–Crippen MR) is 84.5 cm³/mol. The Kier molecular flexibility index (Phi) is 6.52. The predicted octanol–water partition coefficient (Wildman–Crippen LogP) is 2.32. The first-order chi connectivity index (χ1) is 10.7. The number of rotatable bonds is 7. The van der Waals surface area contributed by atoms with Crippen LogP contribution in [0, 0.1) is 0 Å². The summed E-state index contributed by atoms with van der Waals surface area (Å²) in [5, 5.41) is 2.95. The van der Waals surface area contributed by atoms with E-state index in [2.05, 4.69) is 5.32 Å². The maximum absolute atomic E-state index is 11.9. The lowest BCUT2D eigenvalue weighted by atomic mass is 10.1. The molecule has 5 heteroatoms. The third kappa shape index (κ3) is 4.91. The Hall–Kier alpha value is -1.75. The van der Waals surface area contributed by atoms with Gasteiger partial charge in [-0.05, 0) is 43.4 Å². The number of hydrogen-bond acceptors (Lipinski definition) is 4. The Morgan fingerprint density at radius 3 is 2.77 bits per heavy atom. The van der Waals surface area contributed by atoms with Gasteiger partial charge in [0.25, 0.3) is 0 Å². The summed E-state index contributed by atoms with van der Waals surface area (Å²) < 4.78 is 16.1. The van der Waals surface area contributed by atoms with Crippen molar-refractivity contribution in [2.45, 2.75) is 38.2 Å². The van der Waals surface area contributed by atoms with Crippen LogP contribution in [0.3, 0.4) is 0 Å². The largest absolute Gasteiger partial charge is 0.493 e. The molecule has 1 atom stereocenters. The third-order valence-corrected chi connectivity index (χ3v) is 3.87. The van der Waals surface area contributed by atoms with Crippen LogP contribution in [-0.2, 0) is 16.0 Å². The quantitative estimate of drug-likeness (QED) is 0.840. The first-order valence-corrected chi connectivity index (χ1v) is 7.82. The molecule has 2 rings (SSSR count). The standard InChI is InChI=1S/C17H25NO4/c1-20-15-7-6-13(11-16(15)21-2)8-9-18-17(19)12-14-5-3-4-10-22-14/h6-7,11,14H,3-5,8-10,12H2,1-2H3,(H,18,19). The fourth-order valence-corrected chi connectivity index (χ4v) is 2.63. The molecule has 1 aliphatic heterocycles. The fourth-order valence-electron chi connectivity index (χ4n) is 2.63. The summed E-state index contributed by atoms with van der Waals surface area (Å²) in [7, 11) is 3.23. The van der Waals surface area contributed by atoms with Crippen LogP contribution in [-0.4, -0.2) is 39.4 Å². The molecule has 0 aromatic heterocycles. The van der Waals surface area contributed by atoms with Gasteiger partial charge in [0.2, 0.25) is 5.91 Å². The van der Waals surface area contributed by atoms with Crippen LogP contribution in [0.25, 0.3) is 0 Å². The van der Waals surface area contributed by atoms with E-state index >= 15 is 0 Å². The first-order valence-electron chi connectivity index (χ1n) is 7.82. The molecule has 22 heavy (non-hydrogen) atoms. The normalized spacial score (nSPS) is 17.8. The molecule has 0 radical (unpaired) electrons. The van der Waals surface area contributed by atoms with Gasteiger partial charge in [-0.2, -0.15) is 0 Å². The van der Waals surface area contributed by atoms with E-state index in [9.17, 15) is 4.79 Å². The second-order valence-electron chi connectivity index (χ2n) is 5.48. The minimum Gasteiger partial charge on any atom is -0.493 e. The molecule has 1 amide bonds. The highest BCUT2D eigenvalue weighted by molar-refractivity contribution is 5.76. The molecule has 1 unspecified atom stereocenters. The molecule has 1 N–H and O–H groups in total. The Morgan fingerprint density at radius 2 is 2.09 bits per heavy atom. The lowest BCUT2D eigenvalue weighted by Gasteiger charge is -2.21. The summed E-state index contributed by atoms with van der Waals surface area (Å²) in [4.78, 5) is 11.9. The number of carbonyl (C=O) groups is 1. The molecule has 1 aliphatic rings. The van der Waals surface area contributed by atoms with Gasteiger partial charge in [0, 0.05) is 13.2 Å².